The maximum Gasteiger partial charge on any atom is 0.148 e. The van der Waals surface area contributed by atoms with Crippen molar-refractivity contribution >= 4 is 0 Å². The second-order valence-corrected chi connectivity index (χ2v) is 5.11. The van der Waals surface area contributed by atoms with Crippen molar-refractivity contribution in [1.29, 1.82) is 5.26 Å². The SMILES string of the molecule is CC(C)(C)c1nc(C#N)c2c(n1)CCNC2. The lowest BCUT2D eigenvalue weighted by molar-refractivity contribution is 0.528. The number of hydrogen-bond donors (Lipinski definition) is 1. The van der Waals surface area contributed by atoms with Gasteiger partial charge in [-0.2, -0.15) is 5.26 Å². The quantitative estimate of drug-likeness (QED) is 0.710. The van der Waals surface area contributed by atoms with Crippen LogP contribution in [0, 0.1) is 11.3 Å². The lowest BCUT2D eigenvalue weighted by Gasteiger charge is -2.22. The van der Waals surface area contributed by atoms with Crippen LogP contribution in [-0.2, 0) is 18.4 Å². The van der Waals surface area contributed by atoms with E-state index in [2.05, 4.69) is 42.1 Å². The van der Waals surface area contributed by atoms with Crippen LogP contribution in [0.25, 0.3) is 0 Å². The van der Waals surface area contributed by atoms with Crippen molar-refractivity contribution in [3.8, 4) is 6.07 Å². The second kappa shape index (κ2) is 3.84. The zero-order chi connectivity index (χ0) is 11.8. The molecular formula is C12H16N4. The highest BCUT2D eigenvalue weighted by atomic mass is 15.0. The molecule has 0 unspecified atom stereocenters. The largest absolute Gasteiger partial charge is 0.312 e. The Labute approximate surface area is 95.7 Å². The minimum absolute atomic E-state index is 0.106. The topological polar surface area (TPSA) is 61.6 Å². The molecule has 16 heavy (non-hydrogen) atoms. The first-order chi connectivity index (χ1) is 7.52. The van der Waals surface area contributed by atoms with Gasteiger partial charge in [0.1, 0.15) is 17.6 Å². The fourth-order valence-electron chi connectivity index (χ4n) is 1.77. The molecule has 0 saturated carbocycles. The van der Waals surface area contributed by atoms with E-state index in [1.165, 1.54) is 0 Å². The highest BCUT2D eigenvalue weighted by Gasteiger charge is 2.23. The van der Waals surface area contributed by atoms with Gasteiger partial charge in [-0.15, -0.1) is 0 Å². The van der Waals surface area contributed by atoms with Gasteiger partial charge >= 0.3 is 0 Å². The van der Waals surface area contributed by atoms with Gasteiger partial charge in [-0.05, 0) is 0 Å². The molecule has 2 heterocycles. The molecule has 0 atom stereocenters. The fraction of sp³-hybridized carbons (Fsp3) is 0.583. The first-order valence-electron chi connectivity index (χ1n) is 5.53. The van der Waals surface area contributed by atoms with Gasteiger partial charge in [0.15, 0.2) is 0 Å². The van der Waals surface area contributed by atoms with Crippen LogP contribution in [0.5, 0.6) is 0 Å². The van der Waals surface area contributed by atoms with Crippen molar-refractivity contribution in [1.82, 2.24) is 15.3 Å². The Morgan fingerprint density at radius 3 is 2.69 bits per heavy atom. The number of fused-ring (bicyclic) bond motifs is 1. The molecular weight excluding hydrogens is 200 g/mol. The van der Waals surface area contributed by atoms with Gasteiger partial charge < -0.3 is 5.32 Å². The minimum atomic E-state index is -0.106. The molecule has 0 aliphatic carbocycles. The highest BCUT2D eigenvalue weighted by molar-refractivity contribution is 5.37. The molecule has 0 amide bonds. The lowest BCUT2D eigenvalue weighted by Crippen LogP contribution is -2.28. The van der Waals surface area contributed by atoms with Gasteiger partial charge in [-0.3, -0.25) is 0 Å². The Kier molecular flexibility index (Phi) is 2.64. The summed E-state index contributed by atoms with van der Waals surface area (Å²) in [6.07, 6.45) is 0.885. The molecule has 1 aliphatic heterocycles. The number of aromatic nitrogens is 2. The molecule has 1 aromatic rings. The third-order valence-corrected chi connectivity index (χ3v) is 2.71. The number of nitriles is 1. The highest BCUT2D eigenvalue weighted by Crippen LogP contribution is 2.22. The van der Waals surface area contributed by atoms with E-state index in [-0.39, 0.29) is 5.41 Å². The standard InChI is InChI=1S/C12H16N4/c1-12(2,3)11-15-9-4-5-14-7-8(9)10(6-13)16-11/h14H,4-5,7H2,1-3H3. The zero-order valence-corrected chi connectivity index (χ0v) is 9.96. The summed E-state index contributed by atoms with van der Waals surface area (Å²) in [7, 11) is 0. The number of nitrogens with one attached hydrogen (secondary N) is 1. The first-order valence-corrected chi connectivity index (χ1v) is 5.53. The Morgan fingerprint density at radius 2 is 2.06 bits per heavy atom. The molecule has 1 aromatic heterocycles. The molecule has 4 heteroatoms. The van der Waals surface area contributed by atoms with Crippen LogP contribution in [0.15, 0.2) is 0 Å². The van der Waals surface area contributed by atoms with E-state index in [0.29, 0.717) is 12.2 Å². The van der Waals surface area contributed by atoms with E-state index >= 15 is 0 Å². The Bertz CT molecular complexity index is 451. The molecule has 2 rings (SSSR count). The van der Waals surface area contributed by atoms with Gasteiger partial charge in [-0.1, -0.05) is 20.8 Å². The second-order valence-electron chi connectivity index (χ2n) is 5.11. The average Bonchev–Trinajstić information content (AvgIpc) is 2.26. The van der Waals surface area contributed by atoms with Crippen LogP contribution in [0.4, 0.5) is 0 Å². The maximum atomic E-state index is 9.12. The van der Waals surface area contributed by atoms with Crippen molar-refractivity contribution in [2.45, 2.75) is 39.2 Å². The third-order valence-electron chi connectivity index (χ3n) is 2.71. The predicted molar refractivity (Wildman–Crippen MR) is 60.9 cm³/mol. The summed E-state index contributed by atoms with van der Waals surface area (Å²) in [6.45, 7) is 7.84. The summed E-state index contributed by atoms with van der Waals surface area (Å²) in [5.41, 5.74) is 2.44. The van der Waals surface area contributed by atoms with Crippen molar-refractivity contribution in [2.24, 2.45) is 0 Å². The van der Waals surface area contributed by atoms with Gasteiger partial charge in [0, 0.05) is 30.5 Å². The average molecular weight is 216 g/mol. The Balaban J connectivity index is 2.58. The summed E-state index contributed by atoms with van der Waals surface area (Å²) in [5, 5.41) is 12.4. The van der Waals surface area contributed by atoms with E-state index in [1.807, 2.05) is 0 Å². The molecule has 0 spiro atoms. The zero-order valence-electron chi connectivity index (χ0n) is 9.96. The van der Waals surface area contributed by atoms with Gasteiger partial charge in [0.2, 0.25) is 0 Å². The molecule has 0 radical (unpaired) electrons. The van der Waals surface area contributed by atoms with Crippen molar-refractivity contribution in [2.75, 3.05) is 6.54 Å². The number of rotatable bonds is 0. The van der Waals surface area contributed by atoms with E-state index in [4.69, 9.17) is 5.26 Å². The molecule has 84 valence electrons. The van der Waals surface area contributed by atoms with Crippen LogP contribution >= 0.6 is 0 Å². The van der Waals surface area contributed by atoms with Crippen molar-refractivity contribution in [3.05, 3.63) is 22.8 Å². The third kappa shape index (κ3) is 1.91. The lowest BCUT2D eigenvalue weighted by atomic mass is 9.94. The molecule has 4 nitrogen and oxygen atoms in total. The Morgan fingerprint density at radius 1 is 1.31 bits per heavy atom. The normalized spacial score (nSPS) is 15.4. The molecule has 0 fully saturated rings. The molecule has 0 aromatic carbocycles. The fourth-order valence-corrected chi connectivity index (χ4v) is 1.77. The maximum absolute atomic E-state index is 9.12. The van der Waals surface area contributed by atoms with Gasteiger partial charge in [0.05, 0.1) is 5.69 Å². The van der Waals surface area contributed by atoms with Crippen molar-refractivity contribution in [3.63, 3.8) is 0 Å². The molecule has 0 bridgehead atoms. The smallest absolute Gasteiger partial charge is 0.148 e. The van der Waals surface area contributed by atoms with E-state index in [1.54, 1.807) is 0 Å². The van der Waals surface area contributed by atoms with Crippen molar-refractivity contribution < 1.29 is 0 Å². The van der Waals surface area contributed by atoms with Gasteiger partial charge in [-0.25, -0.2) is 9.97 Å². The van der Waals surface area contributed by atoms with E-state index in [0.717, 1.165) is 30.0 Å². The van der Waals surface area contributed by atoms with Gasteiger partial charge in [0.25, 0.3) is 0 Å². The minimum Gasteiger partial charge on any atom is -0.312 e. The first kappa shape index (κ1) is 11.0. The van der Waals surface area contributed by atoms with E-state index in [9.17, 15) is 0 Å². The number of hydrogen-bond acceptors (Lipinski definition) is 4. The van der Waals surface area contributed by atoms with E-state index < -0.39 is 0 Å². The monoisotopic (exact) mass is 216 g/mol. The molecule has 0 saturated heterocycles. The molecule has 1 N–H and O–H groups in total. The number of nitrogens with zero attached hydrogens (tertiary/aromatic N) is 3. The van der Waals surface area contributed by atoms with Crippen LogP contribution in [0.3, 0.4) is 0 Å². The molecule has 1 aliphatic rings. The summed E-state index contributed by atoms with van der Waals surface area (Å²) >= 11 is 0. The Hall–Kier alpha value is -1.47. The predicted octanol–water partition coefficient (Wildman–Crippen LogP) is 1.29. The van der Waals surface area contributed by atoms with Crippen LogP contribution in [0.2, 0.25) is 0 Å². The van der Waals surface area contributed by atoms with Crippen LogP contribution in [-0.4, -0.2) is 16.5 Å². The summed E-state index contributed by atoms with van der Waals surface area (Å²) in [5.74, 6) is 0.768. The summed E-state index contributed by atoms with van der Waals surface area (Å²) in [4.78, 5) is 8.95. The van der Waals surface area contributed by atoms with Crippen LogP contribution < -0.4 is 5.32 Å². The van der Waals surface area contributed by atoms with Crippen LogP contribution in [0.1, 0.15) is 43.5 Å². The summed E-state index contributed by atoms with van der Waals surface area (Å²) in [6, 6.07) is 2.18. The summed E-state index contributed by atoms with van der Waals surface area (Å²) < 4.78 is 0.